The summed E-state index contributed by atoms with van der Waals surface area (Å²) in [6, 6.07) is 21.2. The Morgan fingerprint density at radius 1 is 1.04 bits per heavy atom. The summed E-state index contributed by atoms with van der Waals surface area (Å²) in [5, 5.41) is 5.81. The molecule has 1 aliphatic rings. The smallest absolute Gasteiger partial charge is 0.262 e. The van der Waals surface area contributed by atoms with Crippen molar-refractivity contribution in [1.29, 1.82) is 0 Å². The van der Waals surface area contributed by atoms with E-state index in [9.17, 15) is 9.59 Å². The summed E-state index contributed by atoms with van der Waals surface area (Å²) in [7, 11) is 0. The highest BCUT2D eigenvalue weighted by atomic mass is 32.1. The fourth-order valence-corrected chi connectivity index (χ4v) is 4.22. The number of carbonyl (C=O) groups is 2. The number of amides is 2. The van der Waals surface area contributed by atoms with Crippen LogP contribution in [0.5, 0.6) is 0 Å². The van der Waals surface area contributed by atoms with Gasteiger partial charge in [-0.2, -0.15) is 0 Å². The van der Waals surface area contributed by atoms with Gasteiger partial charge in [0.25, 0.3) is 5.91 Å². The number of hydrogen-bond donors (Lipinski definition) is 2. The van der Waals surface area contributed by atoms with Crippen molar-refractivity contribution >= 4 is 28.8 Å². The zero-order chi connectivity index (χ0) is 18.6. The normalized spacial score (nSPS) is 16.1. The molecule has 2 N–H and O–H groups in total. The van der Waals surface area contributed by atoms with Gasteiger partial charge in [-0.1, -0.05) is 48.5 Å². The summed E-state index contributed by atoms with van der Waals surface area (Å²) >= 11 is 1.47. The Hall–Kier alpha value is -2.92. The van der Waals surface area contributed by atoms with E-state index in [1.165, 1.54) is 16.9 Å². The van der Waals surface area contributed by atoms with Gasteiger partial charge in [0, 0.05) is 17.0 Å². The standard InChI is InChI=1S/C22H20N2O2S/c25-21-19(12-10-16-8-4-5-9-18(16)23-21)24-22(26)20-13-11-17(27-20)14-15-6-2-1-3-7-15/h1-9,11,13,19H,10,12,14H2,(H,23,25)(H,24,26). The number of rotatable bonds is 4. The Bertz CT molecular complexity index is 965. The zero-order valence-electron chi connectivity index (χ0n) is 14.8. The SMILES string of the molecule is O=C(NC1CCc2ccccc2NC1=O)c1ccc(Cc2ccccc2)s1. The fourth-order valence-electron chi connectivity index (χ4n) is 3.27. The van der Waals surface area contributed by atoms with Gasteiger partial charge in [0.05, 0.1) is 4.88 Å². The van der Waals surface area contributed by atoms with Gasteiger partial charge in [-0.15, -0.1) is 11.3 Å². The highest BCUT2D eigenvalue weighted by molar-refractivity contribution is 7.14. The van der Waals surface area contributed by atoms with Crippen LogP contribution in [0.15, 0.2) is 66.7 Å². The molecule has 3 aromatic rings. The maximum absolute atomic E-state index is 12.6. The van der Waals surface area contributed by atoms with E-state index in [1.54, 1.807) is 0 Å². The van der Waals surface area contributed by atoms with Crippen molar-refractivity contribution in [1.82, 2.24) is 5.32 Å². The minimum atomic E-state index is -0.524. The first kappa shape index (κ1) is 17.5. The summed E-state index contributed by atoms with van der Waals surface area (Å²) in [5.41, 5.74) is 3.15. The average Bonchev–Trinajstić information content (AvgIpc) is 3.09. The second-order valence-electron chi connectivity index (χ2n) is 6.64. The van der Waals surface area contributed by atoms with Gasteiger partial charge in [-0.25, -0.2) is 0 Å². The lowest BCUT2D eigenvalue weighted by atomic mass is 10.1. The molecule has 0 fully saturated rings. The van der Waals surface area contributed by atoms with Crippen LogP contribution < -0.4 is 10.6 Å². The molecule has 2 heterocycles. The van der Waals surface area contributed by atoms with Gasteiger partial charge in [-0.3, -0.25) is 9.59 Å². The molecule has 0 saturated heterocycles. The number of thiophene rings is 1. The van der Waals surface area contributed by atoms with Crippen molar-refractivity contribution < 1.29 is 9.59 Å². The largest absolute Gasteiger partial charge is 0.340 e. The van der Waals surface area contributed by atoms with Crippen LogP contribution >= 0.6 is 11.3 Å². The quantitative estimate of drug-likeness (QED) is 0.722. The average molecular weight is 376 g/mol. The first-order valence-electron chi connectivity index (χ1n) is 9.01. The summed E-state index contributed by atoms with van der Waals surface area (Å²) in [4.78, 5) is 26.9. The van der Waals surface area contributed by atoms with Gasteiger partial charge in [0.15, 0.2) is 0 Å². The molecule has 0 bridgehead atoms. The third-order valence-corrected chi connectivity index (χ3v) is 5.79. The van der Waals surface area contributed by atoms with E-state index >= 15 is 0 Å². The molecule has 27 heavy (non-hydrogen) atoms. The van der Waals surface area contributed by atoms with Gasteiger partial charge in [0.2, 0.25) is 5.91 Å². The first-order valence-corrected chi connectivity index (χ1v) is 9.83. The van der Waals surface area contributed by atoms with E-state index < -0.39 is 6.04 Å². The minimum absolute atomic E-state index is 0.158. The van der Waals surface area contributed by atoms with Crippen molar-refractivity contribution in [2.24, 2.45) is 0 Å². The van der Waals surface area contributed by atoms with Crippen molar-refractivity contribution in [2.75, 3.05) is 5.32 Å². The molecule has 1 aliphatic heterocycles. The number of nitrogens with one attached hydrogen (secondary N) is 2. The number of benzene rings is 2. The number of carbonyl (C=O) groups excluding carboxylic acids is 2. The van der Waals surface area contributed by atoms with Crippen LogP contribution in [-0.2, 0) is 17.6 Å². The fraction of sp³-hybridized carbons (Fsp3) is 0.182. The van der Waals surface area contributed by atoms with Crippen LogP contribution in [0.4, 0.5) is 5.69 Å². The third-order valence-electron chi connectivity index (χ3n) is 4.71. The van der Waals surface area contributed by atoms with Crippen molar-refractivity contribution in [3.63, 3.8) is 0 Å². The summed E-state index contributed by atoms with van der Waals surface area (Å²) < 4.78 is 0. The van der Waals surface area contributed by atoms with Crippen molar-refractivity contribution in [3.05, 3.63) is 87.6 Å². The van der Waals surface area contributed by atoms with Gasteiger partial charge in [-0.05, 0) is 42.2 Å². The second-order valence-corrected chi connectivity index (χ2v) is 7.81. The molecule has 136 valence electrons. The Morgan fingerprint density at radius 2 is 1.81 bits per heavy atom. The van der Waals surface area contributed by atoms with Gasteiger partial charge in [0.1, 0.15) is 6.04 Å². The predicted molar refractivity (Wildman–Crippen MR) is 108 cm³/mol. The van der Waals surface area contributed by atoms with E-state index in [0.29, 0.717) is 11.3 Å². The third kappa shape index (κ3) is 4.09. The molecule has 1 unspecified atom stereocenters. The summed E-state index contributed by atoms with van der Waals surface area (Å²) in [5.74, 6) is -0.347. The second kappa shape index (κ2) is 7.76. The van der Waals surface area contributed by atoms with Crippen LogP contribution in [0, 0.1) is 0 Å². The molecule has 0 aliphatic carbocycles. The van der Waals surface area contributed by atoms with E-state index in [-0.39, 0.29) is 11.8 Å². The van der Waals surface area contributed by atoms with E-state index in [2.05, 4.69) is 22.8 Å². The maximum Gasteiger partial charge on any atom is 0.262 e. The monoisotopic (exact) mass is 376 g/mol. The lowest BCUT2D eigenvalue weighted by Gasteiger charge is -2.14. The number of anilines is 1. The Kier molecular flexibility index (Phi) is 5.03. The van der Waals surface area contributed by atoms with Crippen LogP contribution in [0.25, 0.3) is 0 Å². The molecule has 1 aromatic heterocycles. The number of aryl methyl sites for hydroxylation is 1. The molecule has 0 saturated carbocycles. The molecular weight excluding hydrogens is 356 g/mol. The molecule has 1 atom stereocenters. The predicted octanol–water partition coefficient (Wildman–Crippen LogP) is 4.02. The molecule has 4 rings (SSSR count). The van der Waals surface area contributed by atoms with Crippen LogP contribution in [0.2, 0.25) is 0 Å². The number of hydrogen-bond acceptors (Lipinski definition) is 3. The van der Waals surface area contributed by atoms with Crippen LogP contribution in [-0.4, -0.2) is 17.9 Å². The molecular formula is C22H20N2O2S. The van der Waals surface area contributed by atoms with Crippen LogP contribution in [0.1, 0.15) is 32.1 Å². The van der Waals surface area contributed by atoms with Gasteiger partial charge >= 0.3 is 0 Å². The highest BCUT2D eigenvalue weighted by Gasteiger charge is 2.25. The van der Waals surface area contributed by atoms with Gasteiger partial charge < -0.3 is 10.6 Å². The number of para-hydroxylation sites is 1. The Labute approximate surface area is 162 Å². The maximum atomic E-state index is 12.6. The molecule has 5 heteroatoms. The van der Waals surface area contributed by atoms with E-state index in [1.807, 2.05) is 54.6 Å². The summed E-state index contributed by atoms with van der Waals surface area (Å²) in [6.07, 6.45) is 2.15. The highest BCUT2D eigenvalue weighted by Crippen LogP contribution is 2.23. The Balaban J connectivity index is 1.41. The lowest BCUT2D eigenvalue weighted by molar-refractivity contribution is -0.118. The zero-order valence-corrected chi connectivity index (χ0v) is 15.6. The van der Waals surface area contributed by atoms with Crippen molar-refractivity contribution in [3.8, 4) is 0 Å². The minimum Gasteiger partial charge on any atom is -0.340 e. The first-order chi connectivity index (χ1) is 13.2. The number of fused-ring (bicyclic) bond motifs is 1. The van der Waals surface area contributed by atoms with E-state index in [0.717, 1.165) is 29.0 Å². The van der Waals surface area contributed by atoms with Crippen molar-refractivity contribution in [2.45, 2.75) is 25.3 Å². The molecule has 2 aromatic carbocycles. The Morgan fingerprint density at radius 3 is 2.67 bits per heavy atom. The molecule has 0 radical (unpaired) electrons. The van der Waals surface area contributed by atoms with E-state index in [4.69, 9.17) is 0 Å². The summed E-state index contributed by atoms with van der Waals surface area (Å²) in [6.45, 7) is 0. The molecule has 0 spiro atoms. The van der Waals surface area contributed by atoms with Crippen LogP contribution in [0.3, 0.4) is 0 Å². The topological polar surface area (TPSA) is 58.2 Å². The molecule has 4 nitrogen and oxygen atoms in total. The lowest BCUT2D eigenvalue weighted by Crippen LogP contribution is -2.43. The molecule has 2 amide bonds.